The van der Waals surface area contributed by atoms with E-state index in [2.05, 4.69) is 10.1 Å². The number of rotatable bonds is 5. The van der Waals surface area contributed by atoms with Gasteiger partial charge in [0.2, 0.25) is 0 Å². The van der Waals surface area contributed by atoms with Crippen molar-refractivity contribution < 1.29 is 29.3 Å². The third-order valence-corrected chi connectivity index (χ3v) is 2.73. The molecule has 0 unspecified atom stereocenters. The molecule has 8 nitrogen and oxygen atoms in total. The van der Waals surface area contributed by atoms with Crippen molar-refractivity contribution in [1.82, 2.24) is 4.90 Å². The highest BCUT2D eigenvalue weighted by Crippen LogP contribution is 2.27. The van der Waals surface area contributed by atoms with Crippen LogP contribution in [0.4, 0.5) is 10.5 Å². The number of nitrogens with zero attached hydrogens (tertiary/aromatic N) is 1. The number of benzene rings is 1. The zero-order chi connectivity index (χ0) is 16.0. The van der Waals surface area contributed by atoms with E-state index in [0.717, 1.165) is 0 Å². The average Bonchev–Trinajstić information content (AvgIpc) is 2.45. The van der Waals surface area contributed by atoms with Gasteiger partial charge in [-0.05, 0) is 12.1 Å². The lowest BCUT2D eigenvalue weighted by molar-refractivity contribution is -0.140. The number of aromatic carboxylic acids is 1. The lowest BCUT2D eigenvalue weighted by Gasteiger charge is -2.18. The van der Waals surface area contributed by atoms with Crippen LogP contribution in [0.5, 0.6) is 5.75 Å². The predicted molar refractivity (Wildman–Crippen MR) is 73.3 cm³/mol. The number of carbonyl (C=O) groups is 3. The lowest BCUT2D eigenvalue weighted by Crippen LogP contribution is -2.33. The van der Waals surface area contributed by atoms with Gasteiger partial charge in [-0.1, -0.05) is 6.07 Å². The zero-order valence-electron chi connectivity index (χ0n) is 11.6. The number of carboxylic acid groups (broad SMARTS) is 1. The number of methoxy groups -OCH3 is 1. The van der Waals surface area contributed by atoms with Crippen LogP contribution in [-0.2, 0) is 9.53 Å². The van der Waals surface area contributed by atoms with Crippen LogP contribution in [0.15, 0.2) is 18.2 Å². The summed E-state index contributed by atoms with van der Waals surface area (Å²) in [4.78, 5) is 34.9. The molecule has 0 aliphatic rings. The number of esters is 1. The molecule has 0 heterocycles. The molecule has 21 heavy (non-hydrogen) atoms. The highest BCUT2D eigenvalue weighted by molar-refractivity contribution is 5.97. The molecule has 1 rings (SSSR count). The number of hydrogen-bond donors (Lipinski definition) is 3. The van der Waals surface area contributed by atoms with Gasteiger partial charge in [-0.3, -0.25) is 4.79 Å². The predicted octanol–water partition coefficient (Wildman–Crippen LogP) is 1.12. The number of ether oxygens (including phenoxy) is 1. The van der Waals surface area contributed by atoms with Crippen LogP contribution in [0.2, 0.25) is 0 Å². The summed E-state index contributed by atoms with van der Waals surface area (Å²) in [5.41, 5.74) is -0.338. The number of para-hydroxylation sites is 1. The summed E-state index contributed by atoms with van der Waals surface area (Å²) in [6.07, 6.45) is 0.0293. The van der Waals surface area contributed by atoms with Crippen LogP contribution in [0.3, 0.4) is 0 Å². The first-order valence-electron chi connectivity index (χ1n) is 6.01. The Morgan fingerprint density at radius 2 is 2.00 bits per heavy atom. The van der Waals surface area contributed by atoms with Crippen LogP contribution >= 0.6 is 0 Å². The third kappa shape index (κ3) is 4.37. The van der Waals surface area contributed by atoms with E-state index >= 15 is 0 Å². The second-order valence-electron chi connectivity index (χ2n) is 4.18. The van der Waals surface area contributed by atoms with Crippen molar-refractivity contribution in [1.29, 1.82) is 0 Å². The first kappa shape index (κ1) is 16.3. The van der Waals surface area contributed by atoms with E-state index in [-0.39, 0.29) is 24.2 Å². The molecule has 8 heteroatoms. The Morgan fingerprint density at radius 1 is 1.33 bits per heavy atom. The number of carbonyl (C=O) groups excluding carboxylic acids is 2. The Bertz CT molecular complexity index is 558. The molecule has 0 atom stereocenters. The van der Waals surface area contributed by atoms with Crippen molar-refractivity contribution in [2.24, 2.45) is 0 Å². The van der Waals surface area contributed by atoms with Crippen molar-refractivity contribution in [2.75, 3.05) is 26.0 Å². The van der Waals surface area contributed by atoms with E-state index in [1.165, 1.54) is 37.3 Å². The Balaban J connectivity index is 2.73. The van der Waals surface area contributed by atoms with Gasteiger partial charge in [-0.2, -0.15) is 0 Å². The standard InChI is InChI=1S/C13H16N2O6/c1-15(7-6-10(16)21-2)13(20)14-9-5-3-4-8(11(9)17)12(18)19/h3-5,17H,6-7H2,1-2H3,(H,14,20)(H,18,19). The fraction of sp³-hybridized carbons (Fsp3) is 0.308. The number of amides is 2. The molecule has 0 aromatic heterocycles. The highest BCUT2D eigenvalue weighted by Gasteiger charge is 2.16. The lowest BCUT2D eigenvalue weighted by atomic mass is 10.1. The van der Waals surface area contributed by atoms with Gasteiger partial charge in [0, 0.05) is 13.6 Å². The molecular weight excluding hydrogens is 280 g/mol. The number of phenols is 1. The van der Waals surface area contributed by atoms with E-state index in [1.54, 1.807) is 0 Å². The third-order valence-electron chi connectivity index (χ3n) is 2.73. The fourth-order valence-corrected chi connectivity index (χ4v) is 1.49. The minimum absolute atomic E-state index is 0.0233. The molecule has 0 saturated carbocycles. The summed E-state index contributed by atoms with van der Waals surface area (Å²) in [5, 5.41) is 21.0. The van der Waals surface area contributed by atoms with Gasteiger partial charge < -0.3 is 25.2 Å². The molecule has 0 bridgehead atoms. The Kier molecular flexibility index (Phi) is 5.53. The van der Waals surface area contributed by atoms with Gasteiger partial charge in [0.05, 0.1) is 19.2 Å². The monoisotopic (exact) mass is 296 g/mol. The van der Waals surface area contributed by atoms with Crippen molar-refractivity contribution >= 4 is 23.7 Å². The number of nitrogens with one attached hydrogen (secondary N) is 1. The first-order chi connectivity index (χ1) is 9.86. The number of hydrogen-bond acceptors (Lipinski definition) is 5. The summed E-state index contributed by atoms with van der Waals surface area (Å²) in [5.74, 6) is -2.28. The Labute approximate surface area is 120 Å². The van der Waals surface area contributed by atoms with E-state index in [4.69, 9.17) is 5.11 Å². The minimum atomic E-state index is -1.30. The van der Waals surface area contributed by atoms with Gasteiger partial charge in [0.25, 0.3) is 0 Å². The number of urea groups is 1. The molecule has 0 spiro atoms. The summed E-state index contributed by atoms with van der Waals surface area (Å²) in [6, 6.07) is 3.40. The Morgan fingerprint density at radius 3 is 2.57 bits per heavy atom. The van der Waals surface area contributed by atoms with Crippen LogP contribution in [0, 0.1) is 0 Å². The van der Waals surface area contributed by atoms with Crippen molar-refractivity contribution in [3.8, 4) is 5.75 Å². The van der Waals surface area contributed by atoms with Crippen molar-refractivity contribution in [3.05, 3.63) is 23.8 Å². The molecule has 0 aliphatic carbocycles. The SMILES string of the molecule is COC(=O)CCN(C)C(=O)Nc1cccc(C(=O)O)c1O. The van der Waals surface area contributed by atoms with Gasteiger partial charge in [-0.25, -0.2) is 9.59 Å². The van der Waals surface area contributed by atoms with Gasteiger partial charge in [-0.15, -0.1) is 0 Å². The maximum atomic E-state index is 11.9. The maximum Gasteiger partial charge on any atom is 0.339 e. The number of carboxylic acids is 1. The quantitative estimate of drug-likeness (QED) is 0.554. The molecule has 0 radical (unpaired) electrons. The number of aromatic hydroxyl groups is 1. The molecule has 0 fully saturated rings. The molecule has 3 N–H and O–H groups in total. The normalized spacial score (nSPS) is 9.81. The van der Waals surface area contributed by atoms with Gasteiger partial charge in [0.15, 0.2) is 5.75 Å². The highest BCUT2D eigenvalue weighted by atomic mass is 16.5. The van der Waals surface area contributed by atoms with E-state index < -0.39 is 23.7 Å². The largest absolute Gasteiger partial charge is 0.505 e. The van der Waals surface area contributed by atoms with Crippen LogP contribution < -0.4 is 5.32 Å². The van der Waals surface area contributed by atoms with Crippen LogP contribution in [-0.4, -0.2) is 53.8 Å². The summed E-state index contributed by atoms with van der Waals surface area (Å²) in [6.45, 7) is 0.123. The second-order valence-corrected chi connectivity index (χ2v) is 4.18. The van der Waals surface area contributed by atoms with E-state index in [0.29, 0.717) is 0 Å². The second kappa shape index (κ2) is 7.13. The summed E-state index contributed by atoms with van der Waals surface area (Å²) in [7, 11) is 2.70. The minimum Gasteiger partial charge on any atom is -0.505 e. The first-order valence-corrected chi connectivity index (χ1v) is 6.01. The summed E-state index contributed by atoms with van der Waals surface area (Å²) >= 11 is 0. The topological polar surface area (TPSA) is 116 Å². The molecule has 2 amide bonds. The van der Waals surface area contributed by atoms with Gasteiger partial charge >= 0.3 is 18.0 Å². The molecule has 114 valence electrons. The van der Waals surface area contributed by atoms with Crippen molar-refractivity contribution in [2.45, 2.75) is 6.42 Å². The van der Waals surface area contributed by atoms with Crippen LogP contribution in [0.25, 0.3) is 0 Å². The molecule has 0 aliphatic heterocycles. The smallest absolute Gasteiger partial charge is 0.339 e. The maximum absolute atomic E-state index is 11.9. The van der Waals surface area contributed by atoms with Gasteiger partial charge in [0.1, 0.15) is 5.56 Å². The van der Waals surface area contributed by atoms with E-state index in [1.807, 2.05) is 0 Å². The molecule has 1 aromatic carbocycles. The molecule has 1 aromatic rings. The Hall–Kier alpha value is -2.77. The van der Waals surface area contributed by atoms with Crippen molar-refractivity contribution in [3.63, 3.8) is 0 Å². The number of anilines is 1. The van der Waals surface area contributed by atoms with Crippen LogP contribution in [0.1, 0.15) is 16.8 Å². The fourth-order valence-electron chi connectivity index (χ4n) is 1.49. The average molecular weight is 296 g/mol. The van der Waals surface area contributed by atoms with E-state index in [9.17, 15) is 19.5 Å². The molecular formula is C13H16N2O6. The zero-order valence-corrected chi connectivity index (χ0v) is 11.6. The summed E-state index contributed by atoms with van der Waals surface area (Å²) < 4.78 is 4.46. The molecule has 0 saturated heterocycles.